The Hall–Kier alpha value is -3.33. The van der Waals surface area contributed by atoms with E-state index in [0.717, 1.165) is 56.9 Å². The second-order valence-corrected chi connectivity index (χ2v) is 7.60. The highest BCUT2D eigenvalue weighted by atomic mass is 14.8. The zero-order valence-corrected chi connectivity index (χ0v) is 15.5. The average molecular weight is 361 g/mol. The Morgan fingerprint density at radius 1 is 0.607 bits per heavy atom. The van der Waals surface area contributed by atoms with Crippen molar-refractivity contribution in [3.05, 3.63) is 78.0 Å². The van der Waals surface area contributed by atoms with Gasteiger partial charge in [-0.05, 0) is 61.1 Å². The fourth-order valence-electron chi connectivity index (χ4n) is 4.40. The van der Waals surface area contributed by atoms with Gasteiger partial charge in [0.15, 0.2) is 0 Å². The maximum atomic E-state index is 5.17. The lowest BCUT2D eigenvalue weighted by atomic mass is 9.93. The Morgan fingerprint density at radius 2 is 1.39 bits per heavy atom. The van der Waals surface area contributed by atoms with Gasteiger partial charge in [0.25, 0.3) is 0 Å². The third-order valence-corrected chi connectivity index (χ3v) is 5.81. The molecule has 3 heterocycles. The van der Waals surface area contributed by atoms with Gasteiger partial charge in [0.05, 0.1) is 27.9 Å². The van der Waals surface area contributed by atoms with Crippen LogP contribution in [-0.4, -0.2) is 15.0 Å². The van der Waals surface area contributed by atoms with Gasteiger partial charge in [-0.1, -0.05) is 36.4 Å². The summed E-state index contributed by atoms with van der Waals surface area (Å²) in [6.07, 6.45) is 6.38. The smallest absolute Gasteiger partial charge is 0.0973 e. The Bertz CT molecular complexity index is 1370. The van der Waals surface area contributed by atoms with Crippen LogP contribution < -0.4 is 0 Å². The first kappa shape index (κ1) is 15.7. The van der Waals surface area contributed by atoms with Crippen molar-refractivity contribution in [2.24, 2.45) is 0 Å². The lowest BCUT2D eigenvalue weighted by Gasteiger charge is -2.17. The van der Waals surface area contributed by atoms with Crippen LogP contribution in [0.25, 0.3) is 44.1 Å². The first-order valence-corrected chi connectivity index (χ1v) is 9.93. The lowest BCUT2D eigenvalue weighted by molar-refractivity contribution is 0.725. The fraction of sp³-hybridized carbons (Fsp3) is 0.160. The average Bonchev–Trinajstić information content (AvgIpc) is 2.73. The van der Waals surface area contributed by atoms with Crippen LogP contribution in [0.4, 0.5) is 0 Å². The molecule has 5 aromatic rings. The quantitative estimate of drug-likeness (QED) is 0.255. The van der Waals surface area contributed by atoms with E-state index >= 15 is 0 Å². The highest BCUT2D eigenvalue weighted by Crippen LogP contribution is 2.33. The van der Waals surface area contributed by atoms with E-state index in [1.54, 1.807) is 0 Å². The molecule has 1 aliphatic rings. The zero-order valence-electron chi connectivity index (χ0n) is 15.5. The van der Waals surface area contributed by atoms with E-state index in [1.165, 1.54) is 24.0 Å². The molecule has 28 heavy (non-hydrogen) atoms. The number of rotatable bonds is 0. The SMILES string of the molecule is c1cnc2c(c1)CCCCc1cc3ccc4cc5ccccc5nc4c3nc1-2. The summed E-state index contributed by atoms with van der Waals surface area (Å²) in [4.78, 5) is 14.9. The molecule has 1 aliphatic carbocycles. The summed E-state index contributed by atoms with van der Waals surface area (Å²) in [5, 5.41) is 3.45. The van der Waals surface area contributed by atoms with Crippen LogP contribution in [0.15, 0.2) is 66.9 Å². The number of aromatic nitrogens is 3. The molecule has 0 spiro atoms. The molecule has 0 radical (unpaired) electrons. The zero-order chi connectivity index (χ0) is 18.5. The van der Waals surface area contributed by atoms with Crippen molar-refractivity contribution in [2.45, 2.75) is 25.7 Å². The molecule has 0 amide bonds. The first-order chi connectivity index (χ1) is 13.9. The summed E-state index contributed by atoms with van der Waals surface area (Å²) >= 11 is 0. The number of benzene rings is 2. The van der Waals surface area contributed by atoms with Gasteiger partial charge in [-0.15, -0.1) is 0 Å². The van der Waals surface area contributed by atoms with Crippen LogP contribution in [0.5, 0.6) is 0 Å². The van der Waals surface area contributed by atoms with Crippen molar-refractivity contribution < 1.29 is 0 Å². The highest BCUT2D eigenvalue weighted by Gasteiger charge is 2.18. The predicted octanol–water partition coefficient (Wildman–Crippen LogP) is 5.88. The number of hydrogen-bond acceptors (Lipinski definition) is 3. The second-order valence-electron chi connectivity index (χ2n) is 7.60. The Morgan fingerprint density at radius 3 is 2.32 bits per heavy atom. The van der Waals surface area contributed by atoms with E-state index in [1.807, 2.05) is 18.3 Å². The van der Waals surface area contributed by atoms with E-state index in [9.17, 15) is 0 Å². The van der Waals surface area contributed by atoms with Gasteiger partial charge in [-0.3, -0.25) is 4.98 Å². The summed E-state index contributed by atoms with van der Waals surface area (Å²) in [5.41, 5.74) is 7.62. The number of hydrogen-bond donors (Lipinski definition) is 0. The minimum atomic E-state index is 0.971. The summed E-state index contributed by atoms with van der Waals surface area (Å²) in [5.74, 6) is 0. The number of para-hydroxylation sites is 1. The normalized spacial score (nSPS) is 13.9. The number of aryl methyl sites for hydroxylation is 2. The van der Waals surface area contributed by atoms with Gasteiger partial charge in [0.1, 0.15) is 0 Å². The third kappa shape index (κ3) is 2.40. The molecule has 3 aromatic heterocycles. The first-order valence-electron chi connectivity index (χ1n) is 9.93. The van der Waals surface area contributed by atoms with Crippen LogP contribution in [0.1, 0.15) is 24.0 Å². The Balaban J connectivity index is 1.71. The lowest BCUT2D eigenvalue weighted by Crippen LogP contribution is -2.04. The summed E-state index contributed by atoms with van der Waals surface area (Å²) < 4.78 is 0. The molecule has 134 valence electrons. The highest BCUT2D eigenvalue weighted by molar-refractivity contribution is 6.07. The monoisotopic (exact) mass is 361 g/mol. The third-order valence-electron chi connectivity index (χ3n) is 5.81. The topological polar surface area (TPSA) is 38.7 Å². The van der Waals surface area contributed by atoms with E-state index in [2.05, 4.69) is 48.5 Å². The molecule has 0 bridgehead atoms. The van der Waals surface area contributed by atoms with Crippen molar-refractivity contribution in [3.8, 4) is 11.4 Å². The van der Waals surface area contributed by atoms with Gasteiger partial charge in [-0.2, -0.15) is 0 Å². The van der Waals surface area contributed by atoms with Gasteiger partial charge in [-0.25, -0.2) is 9.97 Å². The fourth-order valence-corrected chi connectivity index (χ4v) is 4.40. The van der Waals surface area contributed by atoms with Gasteiger partial charge in [0, 0.05) is 22.4 Å². The molecule has 0 unspecified atom stereocenters. The van der Waals surface area contributed by atoms with Crippen molar-refractivity contribution in [3.63, 3.8) is 0 Å². The van der Waals surface area contributed by atoms with E-state index in [4.69, 9.17) is 15.0 Å². The minimum absolute atomic E-state index is 0.971. The summed E-state index contributed by atoms with van der Waals surface area (Å²) in [7, 11) is 0. The van der Waals surface area contributed by atoms with Gasteiger partial charge >= 0.3 is 0 Å². The van der Waals surface area contributed by atoms with Crippen molar-refractivity contribution >= 4 is 32.7 Å². The second kappa shape index (κ2) is 6.10. The molecule has 2 aromatic carbocycles. The molecular weight excluding hydrogens is 342 g/mol. The van der Waals surface area contributed by atoms with Gasteiger partial charge in [0.2, 0.25) is 0 Å². The molecule has 0 saturated carbocycles. The number of nitrogens with zero attached hydrogens (tertiary/aromatic N) is 3. The van der Waals surface area contributed by atoms with Crippen LogP contribution >= 0.6 is 0 Å². The predicted molar refractivity (Wildman–Crippen MR) is 114 cm³/mol. The Kier molecular flexibility index (Phi) is 3.42. The van der Waals surface area contributed by atoms with E-state index in [0.29, 0.717) is 0 Å². The molecule has 3 nitrogen and oxygen atoms in total. The molecular formula is C25H19N3. The molecule has 0 aliphatic heterocycles. The minimum Gasteiger partial charge on any atom is -0.254 e. The summed E-state index contributed by atoms with van der Waals surface area (Å²) in [6.45, 7) is 0. The molecule has 0 atom stereocenters. The molecule has 6 rings (SSSR count). The van der Waals surface area contributed by atoms with Crippen LogP contribution in [0.3, 0.4) is 0 Å². The van der Waals surface area contributed by atoms with Crippen molar-refractivity contribution in [2.75, 3.05) is 0 Å². The maximum Gasteiger partial charge on any atom is 0.0973 e. The van der Waals surface area contributed by atoms with Crippen molar-refractivity contribution in [1.82, 2.24) is 15.0 Å². The van der Waals surface area contributed by atoms with E-state index in [-0.39, 0.29) is 0 Å². The number of pyridine rings is 3. The largest absolute Gasteiger partial charge is 0.254 e. The van der Waals surface area contributed by atoms with Crippen LogP contribution in [-0.2, 0) is 12.8 Å². The molecule has 3 heteroatoms. The molecule has 0 saturated heterocycles. The number of fused-ring (bicyclic) bond motifs is 7. The maximum absolute atomic E-state index is 5.17. The summed E-state index contributed by atoms with van der Waals surface area (Å²) in [6, 6.07) is 21.4. The molecule has 0 fully saturated rings. The van der Waals surface area contributed by atoms with E-state index < -0.39 is 0 Å². The van der Waals surface area contributed by atoms with Crippen LogP contribution in [0, 0.1) is 0 Å². The van der Waals surface area contributed by atoms with Crippen molar-refractivity contribution in [1.29, 1.82) is 0 Å². The standard InChI is InChI=1S/C25H19N3/c1-2-8-18-15-20-12-11-19-14-17-7-3-4-10-21(17)27-24(19)25(20)28-23(18)22-16(6-1)9-5-13-26-22/h3-5,7,9-15H,1-2,6,8H2. The Labute approximate surface area is 163 Å². The molecule has 0 N–H and O–H groups in total. The van der Waals surface area contributed by atoms with Crippen LogP contribution in [0.2, 0.25) is 0 Å². The van der Waals surface area contributed by atoms with Gasteiger partial charge < -0.3 is 0 Å².